The van der Waals surface area contributed by atoms with E-state index in [1.165, 1.54) is 0 Å². The summed E-state index contributed by atoms with van der Waals surface area (Å²) in [5.74, 6) is 1.68. The second-order valence-corrected chi connectivity index (χ2v) is 10.0. The van der Waals surface area contributed by atoms with Crippen LogP contribution < -0.4 is 10.1 Å². The number of aryl methyl sites for hydroxylation is 1. The largest absolute Gasteiger partial charge is 0.497 e. The number of piperazine rings is 1. The Kier molecular flexibility index (Phi) is 8.14. The fourth-order valence-corrected chi connectivity index (χ4v) is 5.20. The van der Waals surface area contributed by atoms with Gasteiger partial charge in [-0.3, -0.25) is 19.4 Å². The van der Waals surface area contributed by atoms with E-state index in [1.807, 2.05) is 42.2 Å². The van der Waals surface area contributed by atoms with Crippen molar-refractivity contribution in [1.29, 1.82) is 0 Å². The first-order chi connectivity index (χ1) is 18.5. The van der Waals surface area contributed by atoms with Crippen molar-refractivity contribution in [2.75, 3.05) is 64.8 Å². The number of carbonyl (C=O) groups is 2. The average molecular weight is 517 g/mol. The molecule has 0 unspecified atom stereocenters. The van der Waals surface area contributed by atoms with E-state index in [0.717, 1.165) is 97.8 Å². The van der Waals surface area contributed by atoms with Gasteiger partial charge in [-0.05, 0) is 48.6 Å². The molecule has 2 amide bonds. The SMILES string of the molecule is CCc1nccc(-c2cc(NC(=O)CN3CCN(CC(=O)N4CCCC4)CC3)c3cc(OC)ccc3c2)n1. The normalized spacial score (nSPS) is 16.6. The fourth-order valence-electron chi connectivity index (χ4n) is 5.20. The minimum absolute atomic E-state index is 0.0650. The van der Waals surface area contributed by atoms with Gasteiger partial charge in [0, 0.05) is 68.5 Å². The molecule has 2 saturated heterocycles. The van der Waals surface area contributed by atoms with Gasteiger partial charge in [-0.15, -0.1) is 0 Å². The molecule has 1 N–H and O–H groups in total. The summed E-state index contributed by atoms with van der Waals surface area (Å²) in [5, 5.41) is 5.05. The zero-order valence-corrected chi connectivity index (χ0v) is 22.3. The third kappa shape index (κ3) is 6.11. The van der Waals surface area contributed by atoms with Crippen LogP contribution in [0.3, 0.4) is 0 Å². The van der Waals surface area contributed by atoms with Crippen LogP contribution in [0.4, 0.5) is 5.69 Å². The summed E-state index contributed by atoms with van der Waals surface area (Å²) in [5.41, 5.74) is 2.48. The second kappa shape index (κ2) is 11.9. The lowest BCUT2D eigenvalue weighted by molar-refractivity contribution is -0.132. The standard InChI is InChI=1S/C29H36N6O3/c1-3-27-30-9-8-25(31-27)22-16-21-6-7-23(38-2)18-24(21)26(17-22)32-28(36)19-33-12-14-34(15-13-33)20-29(37)35-10-4-5-11-35/h6-9,16-18H,3-5,10-15,19-20H2,1-2H3,(H,32,36). The van der Waals surface area contributed by atoms with Gasteiger partial charge in [-0.2, -0.15) is 0 Å². The van der Waals surface area contributed by atoms with Crippen LogP contribution in [0.1, 0.15) is 25.6 Å². The van der Waals surface area contributed by atoms with E-state index in [1.54, 1.807) is 13.3 Å². The van der Waals surface area contributed by atoms with Crippen molar-refractivity contribution in [3.05, 3.63) is 48.4 Å². The lowest BCUT2D eigenvalue weighted by atomic mass is 10.0. The molecule has 5 rings (SSSR count). The van der Waals surface area contributed by atoms with Crippen LogP contribution in [-0.2, 0) is 16.0 Å². The molecule has 0 spiro atoms. The van der Waals surface area contributed by atoms with Gasteiger partial charge in [0.2, 0.25) is 11.8 Å². The van der Waals surface area contributed by atoms with Crippen LogP contribution in [0.5, 0.6) is 5.75 Å². The molecule has 0 radical (unpaired) electrons. The summed E-state index contributed by atoms with van der Waals surface area (Å²) in [4.78, 5) is 41.0. The number of methoxy groups -OCH3 is 1. The lowest BCUT2D eigenvalue weighted by Crippen LogP contribution is -2.51. The smallest absolute Gasteiger partial charge is 0.238 e. The van der Waals surface area contributed by atoms with Crippen LogP contribution in [0, 0.1) is 0 Å². The summed E-state index contributed by atoms with van der Waals surface area (Å²) < 4.78 is 5.45. The molecule has 3 aromatic rings. The molecular weight excluding hydrogens is 480 g/mol. The summed E-state index contributed by atoms with van der Waals surface area (Å²) in [6.45, 7) is 7.68. The first kappa shape index (κ1) is 26.1. The van der Waals surface area contributed by atoms with Gasteiger partial charge in [0.05, 0.1) is 25.9 Å². The van der Waals surface area contributed by atoms with Crippen molar-refractivity contribution in [2.24, 2.45) is 0 Å². The van der Waals surface area contributed by atoms with Crippen LogP contribution >= 0.6 is 0 Å². The first-order valence-corrected chi connectivity index (χ1v) is 13.5. The zero-order chi connectivity index (χ0) is 26.5. The fraction of sp³-hybridized carbons (Fsp3) is 0.448. The third-order valence-electron chi connectivity index (χ3n) is 7.40. The summed E-state index contributed by atoms with van der Waals surface area (Å²) >= 11 is 0. The summed E-state index contributed by atoms with van der Waals surface area (Å²) in [7, 11) is 1.64. The van der Waals surface area contributed by atoms with Crippen molar-refractivity contribution in [1.82, 2.24) is 24.7 Å². The Hall–Kier alpha value is -3.56. The number of benzene rings is 2. The van der Waals surface area contributed by atoms with Crippen molar-refractivity contribution < 1.29 is 14.3 Å². The van der Waals surface area contributed by atoms with E-state index in [0.29, 0.717) is 13.1 Å². The highest BCUT2D eigenvalue weighted by atomic mass is 16.5. The summed E-state index contributed by atoms with van der Waals surface area (Å²) in [6.07, 6.45) is 4.74. The number of nitrogens with zero attached hydrogens (tertiary/aromatic N) is 5. The number of hydrogen-bond donors (Lipinski definition) is 1. The number of rotatable bonds is 8. The van der Waals surface area contributed by atoms with Crippen LogP contribution in [0.15, 0.2) is 42.6 Å². The minimum Gasteiger partial charge on any atom is -0.497 e. The summed E-state index contributed by atoms with van der Waals surface area (Å²) in [6, 6.07) is 11.8. The maximum atomic E-state index is 13.2. The Balaban J connectivity index is 1.27. The van der Waals surface area contributed by atoms with Crippen molar-refractivity contribution in [2.45, 2.75) is 26.2 Å². The predicted molar refractivity (Wildman–Crippen MR) is 148 cm³/mol. The number of ether oxygens (including phenoxy) is 1. The lowest BCUT2D eigenvalue weighted by Gasteiger charge is -2.34. The molecular formula is C29H36N6O3. The van der Waals surface area contributed by atoms with Gasteiger partial charge in [-0.1, -0.05) is 13.0 Å². The van der Waals surface area contributed by atoms with Crippen LogP contribution in [-0.4, -0.2) is 95.9 Å². The molecule has 9 nitrogen and oxygen atoms in total. The highest BCUT2D eigenvalue weighted by Crippen LogP contribution is 2.33. The van der Waals surface area contributed by atoms with E-state index < -0.39 is 0 Å². The van der Waals surface area contributed by atoms with Crippen molar-refractivity contribution in [3.63, 3.8) is 0 Å². The number of hydrogen-bond acceptors (Lipinski definition) is 7. The van der Waals surface area contributed by atoms with Gasteiger partial charge >= 0.3 is 0 Å². The number of likely N-dealkylation sites (tertiary alicyclic amines) is 1. The average Bonchev–Trinajstić information content (AvgIpc) is 3.49. The topological polar surface area (TPSA) is 90.9 Å². The molecule has 0 atom stereocenters. The second-order valence-electron chi connectivity index (χ2n) is 10.0. The molecule has 2 fully saturated rings. The molecule has 2 aromatic carbocycles. The van der Waals surface area contributed by atoms with E-state index in [2.05, 4.69) is 31.2 Å². The first-order valence-electron chi connectivity index (χ1n) is 13.5. The van der Waals surface area contributed by atoms with Crippen molar-refractivity contribution >= 4 is 28.3 Å². The van der Waals surface area contributed by atoms with Crippen molar-refractivity contribution in [3.8, 4) is 17.0 Å². The molecule has 0 bridgehead atoms. The maximum absolute atomic E-state index is 13.2. The van der Waals surface area contributed by atoms with E-state index in [4.69, 9.17) is 4.74 Å². The molecule has 9 heteroatoms. The minimum atomic E-state index is -0.0650. The Morgan fingerprint density at radius 3 is 2.39 bits per heavy atom. The van der Waals surface area contributed by atoms with E-state index >= 15 is 0 Å². The van der Waals surface area contributed by atoms with Crippen LogP contribution in [0.2, 0.25) is 0 Å². The molecule has 0 saturated carbocycles. The highest BCUT2D eigenvalue weighted by molar-refractivity contribution is 6.05. The molecule has 200 valence electrons. The number of amides is 2. The maximum Gasteiger partial charge on any atom is 0.238 e. The van der Waals surface area contributed by atoms with Gasteiger partial charge in [0.25, 0.3) is 0 Å². The number of anilines is 1. The molecule has 0 aliphatic carbocycles. The Bertz CT molecular complexity index is 1300. The third-order valence-corrected chi connectivity index (χ3v) is 7.40. The molecule has 1 aromatic heterocycles. The van der Waals surface area contributed by atoms with E-state index in [-0.39, 0.29) is 11.8 Å². The molecule has 2 aliphatic heterocycles. The van der Waals surface area contributed by atoms with Gasteiger partial charge < -0.3 is 15.0 Å². The molecule has 3 heterocycles. The molecule has 38 heavy (non-hydrogen) atoms. The van der Waals surface area contributed by atoms with Gasteiger partial charge in [0.1, 0.15) is 11.6 Å². The monoisotopic (exact) mass is 516 g/mol. The Morgan fingerprint density at radius 1 is 0.947 bits per heavy atom. The van der Waals surface area contributed by atoms with E-state index in [9.17, 15) is 9.59 Å². The number of nitrogens with one attached hydrogen (secondary N) is 1. The highest BCUT2D eigenvalue weighted by Gasteiger charge is 2.24. The quantitative estimate of drug-likeness (QED) is 0.492. The van der Waals surface area contributed by atoms with Gasteiger partial charge in [-0.25, -0.2) is 9.97 Å². The number of aromatic nitrogens is 2. The number of carbonyl (C=O) groups excluding carboxylic acids is 2. The van der Waals surface area contributed by atoms with Crippen LogP contribution in [0.25, 0.3) is 22.0 Å². The Morgan fingerprint density at radius 2 is 1.68 bits per heavy atom. The Labute approximate surface area is 223 Å². The molecule has 2 aliphatic rings. The van der Waals surface area contributed by atoms with Gasteiger partial charge in [0.15, 0.2) is 0 Å². The number of fused-ring (bicyclic) bond motifs is 1. The zero-order valence-electron chi connectivity index (χ0n) is 22.3. The predicted octanol–water partition coefficient (Wildman–Crippen LogP) is 3.05.